The third kappa shape index (κ3) is 3.54. The quantitative estimate of drug-likeness (QED) is 0.347. The second kappa shape index (κ2) is 7.97. The van der Waals surface area contributed by atoms with Crippen LogP contribution in [0.3, 0.4) is 0 Å². The monoisotopic (exact) mass is 402 g/mol. The maximum atomic E-state index is 4.81. The number of fused-ring (bicyclic) bond motifs is 5. The lowest BCUT2D eigenvalue weighted by Gasteiger charge is -2.59. The summed E-state index contributed by atoms with van der Waals surface area (Å²) in [5.74, 6) is 5.76. The Bertz CT molecular complexity index is 591. The predicted octanol–water partition coefficient (Wildman–Crippen LogP) is 8.33. The fraction of sp³-hybridized carbons (Fsp3) is 0.926. The second-order valence-corrected chi connectivity index (χ2v) is 12.8. The van der Waals surface area contributed by atoms with E-state index >= 15 is 0 Å². The Morgan fingerprint density at radius 2 is 1.75 bits per heavy atom. The summed E-state index contributed by atoms with van der Waals surface area (Å²) in [5, 5.41) is 0.524. The van der Waals surface area contributed by atoms with E-state index in [4.69, 9.17) is 12.6 Å². The molecule has 0 aromatic carbocycles. The standard InChI is InChI=1S/C27H46S/c1-18(2)7-6-8-19(3)23-11-12-24-22-10-9-20-17-21(28)13-15-26(20,4)25(22)14-16-27(23,24)5/h17-19,21-25,28H,6-16H2,1-5H3/t19-,21+,22?,23-,24?,25?,26+,27-/m1/s1. The van der Waals surface area contributed by atoms with Crippen LogP contribution in [0.2, 0.25) is 0 Å². The van der Waals surface area contributed by atoms with Crippen molar-refractivity contribution in [2.45, 2.75) is 110 Å². The van der Waals surface area contributed by atoms with E-state index in [9.17, 15) is 0 Å². The Balaban J connectivity index is 1.48. The molecule has 160 valence electrons. The molecule has 0 amide bonds. The molecule has 0 saturated heterocycles. The molecule has 1 heteroatoms. The molecule has 0 aliphatic heterocycles. The molecule has 0 aromatic heterocycles. The molecule has 3 unspecified atom stereocenters. The fourth-order valence-corrected chi connectivity index (χ4v) is 9.04. The van der Waals surface area contributed by atoms with E-state index in [1.54, 1.807) is 5.57 Å². The third-order valence-electron chi connectivity index (χ3n) is 10.3. The van der Waals surface area contributed by atoms with Crippen molar-refractivity contribution < 1.29 is 0 Å². The van der Waals surface area contributed by atoms with Crippen molar-refractivity contribution in [3.05, 3.63) is 11.6 Å². The summed E-state index contributed by atoms with van der Waals surface area (Å²) >= 11 is 4.81. The summed E-state index contributed by atoms with van der Waals surface area (Å²) in [6, 6.07) is 0. The molecule has 0 heterocycles. The summed E-state index contributed by atoms with van der Waals surface area (Å²) in [4.78, 5) is 0. The van der Waals surface area contributed by atoms with Crippen LogP contribution in [-0.2, 0) is 0 Å². The molecule has 3 fully saturated rings. The van der Waals surface area contributed by atoms with Gasteiger partial charge in [0, 0.05) is 5.25 Å². The van der Waals surface area contributed by atoms with E-state index in [2.05, 4.69) is 40.7 Å². The molecule has 4 rings (SSSR count). The molecule has 0 nitrogen and oxygen atoms in total. The van der Waals surface area contributed by atoms with Crippen LogP contribution in [0.25, 0.3) is 0 Å². The summed E-state index contributed by atoms with van der Waals surface area (Å²) in [6.45, 7) is 12.7. The van der Waals surface area contributed by atoms with Crippen molar-refractivity contribution in [2.24, 2.45) is 46.3 Å². The highest BCUT2D eigenvalue weighted by molar-refractivity contribution is 7.81. The molecular weight excluding hydrogens is 356 g/mol. The highest BCUT2D eigenvalue weighted by atomic mass is 32.1. The first kappa shape index (κ1) is 21.3. The molecular formula is C27H46S. The van der Waals surface area contributed by atoms with Gasteiger partial charge in [0.25, 0.3) is 0 Å². The van der Waals surface area contributed by atoms with Gasteiger partial charge in [0.1, 0.15) is 0 Å². The average molecular weight is 403 g/mol. The molecule has 0 radical (unpaired) electrons. The molecule has 4 aliphatic rings. The van der Waals surface area contributed by atoms with Gasteiger partial charge in [0.15, 0.2) is 0 Å². The lowest BCUT2D eigenvalue weighted by molar-refractivity contribution is -0.0590. The zero-order chi connectivity index (χ0) is 20.1. The Kier molecular flexibility index (Phi) is 6.07. The van der Waals surface area contributed by atoms with Crippen molar-refractivity contribution in [2.75, 3.05) is 0 Å². The van der Waals surface area contributed by atoms with Crippen LogP contribution >= 0.6 is 12.6 Å². The number of allylic oxidation sites excluding steroid dienone is 1. The van der Waals surface area contributed by atoms with Crippen LogP contribution in [0.1, 0.15) is 105 Å². The molecule has 28 heavy (non-hydrogen) atoms. The second-order valence-electron chi connectivity index (χ2n) is 12.2. The minimum atomic E-state index is 0.504. The zero-order valence-corrected chi connectivity index (χ0v) is 20.2. The third-order valence-corrected chi connectivity index (χ3v) is 10.7. The summed E-state index contributed by atoms with van der Waals surface area (Å²) in [7, 11) is 0. The number of rotatable bonds is 5. The van der Waals surface area contributed by atoms with Crippen molar-refractivity contribution in [3.8, 4) is 0 Å². The topological polar surface area (TPSA) is 0 Å². The van der Waals surface area contributed by atoms with Gasteiger partial charge in [-0.15, -0.1) is 0 Å². The predicted molar refractivity (Wildman–Crippen MR) is 126 cm³/mol. The molecule has 3 saturated carbocycles. The van der Waals surface area contributed by atoms with Gasteiger partial charge in [-0.1, -0.05) is 65.5 Å². The number of hydrogen-bond acceptors (Lipinski definition) is 1. The highest BCUT2D eigenvalue weighted by Gasteiger charge is 2.59. The van der Waals surface area contributed by atoms with E-state index < -0.39 is 0 Å². The van der Waals surface area contributed by atoms with E-state index in [-0.39, 0.29) is 0 Å². The van der Waals surface area contributed by atoms with Crippen LogP contribution in [0.4, 0.5) is 0 Å². The van der Waals surface area contributed by atoms with Gasteiger partial charge >= 0.3 is 0 Å². The minimum Gasteiger partial charge on any atom is -0.172 e. The van der Waals surface area contributed by atoms with E-state index in [0.29, 0.717) is 16.1 Å². The first-order valence-electron chi connectivity index (χ1n) is 12.6. The molecule has 0 N–H and O–H groups in total. The summed E-state index contributed by atoms with van der Waals surface area (Å²) in [5.41, 5.74) is 2.93. The van der Waals surface area contributed by atoms with Gasteiger partial charge in [-0.05, 0) is 97.7 Å². The lowest BCUT2D eigenvalue weighted by atomic mass is 9.46. The van der Waals surface area contributed by atoms with Gasteiger partial charge in [-0.25, -0.2) is 0 Å². The molecule has 8 atom stereocenters. The van der Waals surface area contributed by atoms with E-state index in [1.807, 2.05) is 0 Å². The van der Waals surface area contributed by atoms with Crippen molar-refractivity contribution >= 4 is 12.6 Å². The molecule has 4 aliphatic carbocycles. The van der Waals surface area contributed by atoms with Gasteiger partial charge in [0.2, 0.25) is 0 Å². The van der Waals surface area contributed by atoms with Gasteiger partial charge < -0.3 is 0 Å². The maximum Gasteiger partial charge on any atom is 0.0199 e. The van der Waals surface area contributed by atoms with Crippen molar-refractivity contribution in [1.82, 2.24) is 0 Å². The van der Waals surface area contributed by atoms with Gasteiger partial charge in [-0.3, -0.25) is 0 Å². The van der Waals surface area contributed by atoms with Crippen LogP contribution in [0, 0.1) is 46.3 Å². The van der Waals surface area contributed by atoms with Crippen molar-refractivity contribution in [1.29, 1.82) is 0 Å². The highest BCUT2D eigenvalue weighted by Crippen LogP contribution is 2.67. The van der Waals surface area contributed by atoms with Crippen LogP contribution < -0.4 is 0 Å². The smallest absolute Gasteiger partial charge is 0.0199 e. The normalized spacial score (nSPS) is 46.5. The summed E-state index contributed by atoms with van der Waals surface area (Å²) < 4.78 is 0. The van der Waals surface area contributed by atoms with Gasteiger partial charge in [0.05, 0.1) is 0 Å². The largest absolute Gasteiger partial charge is 0.172 e. The van der Waals surface area contributed by atoms with Crippen LogP contribution in [-0.4, -0.2) is 5.25 Å². The summed E-state index contributed by atoms with van der Waals surface area (Å²) in [6.07, 6.45) is 18.5. The Morgan fingerprint density at radius 1 is 0.964 bits per heavy atom. The number of thiol groups is 1. The maximum absolute atomic E-state index is 4.81. The molecule has 0 bridgehead atoms. The molecule has 0 aromatic rings. The van der Waals surface area contributed by atoms with E-state index in [1.165, 1.54) is 70.6 Å². The Morgan fingerprint density at radius 3 is 2.50 bits per heavy atom. The first-order valence-corrected chi connectivity index (χ1v) is 13.2. The first-order chi connectivity index (χ1) is 13.3. The lowest BCUT2D eigenvalue weighted by Crippen LogP contribution is -2.51. The zero-order valence-electron chi connectivity index (χ0n) is 19.3. The Labute approximate surface area is 181 Å². The Hall–Kier alpha value is 0.0900. The van der Waals surface area contributed by atoms with Crippen LogP contribution in [0.5, 0.6) is 0 Å². The SMILES string of the molecule is CC(C)CCC[C@@H](C)[C@H]1CCC2C3CCC4=C[C@@H](S)CC[C@]4(C)C3CC[C@@]21C. The van der Waals surface area contributed by atoms with Crippen LogP contribution in [0.15, 0.2) is 11.6 Å². The van der Waals surface area contributed by atoms with E-state index in [0.717, 1.165) is 35.5 Å². The molecule has 0 spiro atoms. The average Bonchev–Trinajstić information content (AvgIpc) is 2.99. The van der Waals surface area contributed by atoms with Crippen molar-refractivity contribution in [3.63, 3.8) is 0 Å². The number of hydrogen-bond donors (Lipinski definition) is 1. The minimum absolute atomic E-state index is 0.504. The van der Waals surface area contributed by atoms with Gasteiger partial charge in [-0.2, -0.15) is 12.6 Å². The fourth-order valence-electron chi connectivity index (χ4n) is 8.73.